The molecule has 2 heterocycles. The minimum absolute atomic E-state index is 0.0287. The molecule has 0 unspecified atom stereocenters. The minimum atomic E-state index is -0.950. The molecule has 2 aromatic rings. The highest BCUT2D eigenvalue weighted by molar-refractivity contribution is 5.94. The summed E-state index contributed by atoms with van der Waals surface area (Å²) in [6.07, 6.45) is 4.88. The molecule has 0 aromatic heterocycles. The van der Waals surface area contributed by atoms with E-state index in [0.717, 1.165) is 43.0 Å². The van der Waals surface area contributed by atoms with E-state index < -0.39 is 17.1 Å². The number of aliphatic hydroxyl groups is 1. The molecule has 7 heteroatoms. The van der Waals surface area contributed by atoms with E-state index in [0.29, 0.717) is 29.9 Å². The highest BCUT2D eigenvalue weighted by Gasteiger charge is 2.73. The van der Waals surface area contributed by atoms with Gasteiger partial charge in [-0.15, -0.1) is 0 Å². The second-order valence-corrected chi connectivity index (χ2v) is 11.1. The number of nitrogens with one attached hydrogen (secondary N) is 1. The quantitative estimate of drug-likeness (QED) is 0.615. The largest absolute Gasteiger partial charge is 0.504 e. The number of piperidine rings is 1. The predicted molar refractivity (Wildman–Crippen MR) is 129 cm³/mol. The summed E-state index contributed by atoms with van der Waals surface area (Å²) in [4.78, 5) is 15.8. The van der Waals surface area contributed by atoms with Crippen molar-refractivity contribution in [2.75, 3.05) is 20.2 Å². The fourth-order valence-electron chi connectivity index (χ4n) is 7.65. The van der Waals surface area contributed by atoms with Crippen LogP contribution in [0.5, 0.6) is 17.2 Å². The summed E-state index contributed by atoms with van der Waals surface area (Å²) in [5, 5.41) is 26.5. The molecule has 7 rings (SSSR count). The molecule has 1 spiro atoms. The van der Waals surface area contributed by atoms with Gasteiger partial charge in [0.2, 0.25) is 0 Å². The Balaban J connectivity index is 1.28. The maximum atomic E-state index is 13.3. The van der Waals surface area contributed by atoms with Crippen molar-refractivity contribution in [2.45, 2.75) is 67.7 Å². The zero-order valence-electron chi connectivity index (χ0n) is 20.0. The van der Waals surface area contributed by atoms with E-state index >= 15 is 0 Å². The van der Waals surface area contributed by atoms with Crippen LogP contribution in [-0.4, -0.2) is 65.0 Å². The average molecular weight is 477 g/mol. The average Bonchev–Trinajstić information content (AvgIpc) is 3.61. The maximum absolute atomic E-state index is 13.3. The van der Waals surface area contributed by atoms with Crippen molar-refractivity contribution in [3.05, 3.63) is 53.1 Å². The van der Waals surface area contributed by atoms with Crippen LogP contribution in [0.3, 0.4) is 0 Å². The Kier molecular flexibility index (Phi) is 4.53. The van der Waals surface area contributed by atoms with E-state index in [1.54, 1.807) is 31.4 Å². The summed E-state index contributed by atoms with van der Waals surface area (Å²) in [5.41, 5.74) is 1.09. The van der Waals surface area contributed by atoms with Crippen LogP contribution in [0.1, 0.15) is 53.6 Å². The summed E-state index contributed by atoms with van der Waals surface area (Å²) in [6, 6.07) is 10.6. The molecule has 3 fully saturated rings. The molecule has 5 aliphatic rings. The predicted octanol–water partition coefficient (Wildman–Crippen LogP) is 2.76. The number of nitrogens with zero attached hydrogens (tertiary/aromatic N) is 1. The van der Waals surface area contributed by atoms with Crippen molar-refractivity contribution in [3.63, 3.8) is 0 Å². The van der Waals surface area contributed by atoms with Gasteiger partial charge in [-0.2, -0.15) is 0 Å². The molecular weight excluding hydrogens is 444 g/mol. The lowest BCUT2D eigenvalue weighted by Crippen LogP contribution is -2.78. The summed E-state index contributed by atoms with van der Waals surface area (Å²) in [7, 11) is 1.58. The number of likely N-dealkylation sites (tertiary alicyclic amines) is 1. The third-order valence-electron chi connectivity index (χ3n) is 9.41. The van der Waals surface area contributed by atoms with Gasteiger partial charge in [0.25, 0.3) is 5.91 Å². The van der Waals surface area contributed by atoms with E-state index in [9.17, 15) is 15.0 Å². The number of carbonyl (C=O) groups is 1. The monoisotopic (exact) mass is 476 g/mol. The molecule has 3 N–H and O–H groups in total. The number of carbonyl (C=O) groups excluding carboxylic acids is 1. The Bertz CT molecular complexity index is 1210. The fourth-order valence-corrected chi connectivity index (χ4v) is 7.65. The Labute approximate surface area is 205 Å². The lowest BCUT2D eigenvalue weighted by molar-refractivity contribution is -0.191. The van der Waals surface area contributed by atoms with Crippen molar-refractivity contribution in [1.82, 2.24) is 10.2 Å². The lowest BCUT2D eigenvalue weighted by atomic mass is 9.48. The molecule has 5 atom stereocenters. The van der Waals surface area contributed by atoms with Crippen LogP contribution in [0.15, 0.2) is 36.4 Å². The summed E-state index contributed by atoms with van der Waals surface area (Å²) in [6.45, 7) is 1.94. The number of rotatable bonds is 5. The van der Waals surface area contributed by atoms with Gasteiger partial charge in [-0.1, -0.05) is 12.1 Å². The molecule has 3 aliphatic carbocycles. The summed E-state index contributed by atoms with van der Waals surface area (Å²) < 4.78 is 11.8. The van der Waals surface area contributed by atoms with Gasteiger partial charge in [0, 0.05) is 23.7 Å². The van der Waals surface area contributed by atoms with Crippen LogP contribution in [0, 0.1) is 5.92 Å². The number of phenolic OH excluding ortho intramolecular Hbond substituents is 1. The molecule has 2 aliphatic heterocycles. The minimum Gasteiger partial charge on any atom is -0.504 e. The molecule has 35 heavy (non-hydrogen) atoms. The van der Waals surface area contributed by atoms with Gasteiger partial charge in [-0.3, -0.25) is 9.69 Å². The highest BCUT2D eigenvalue weighted by atomic mass is 16.5. The van der Waals surface area contributed by atoms with E-state index in [4.69, 9.17) is 9.47 Å². The van der Waals surface area contributed by atoms with Crippen LogP contribution in [-0.2, 0) is 11.8 Å². The third kappa shape index (κ3) is 2.88. The Morgan fingerprint density at radius 1 is 1.23 bits per heavy atom. The topological polar surface area (TPSA) is 91.3 Å². The number of methoxy groups -OCH3 is 1. The molecule has 0 radical (unpaired) electrons. The fraction of sp³-hybridized carbons (Fsp3) is 0.536. The Hall–Kier alpha value is -2.77. The summed E-state index contributed by atoms with van der Waals surface area (Å²) in [5.74, 6) is 1.82. The molecule has 2 aromatic carbocycles. The first-order chi connectivity index (χ1) is 16.9. The number of phenols is 1. The van der Waals surface area contributed by atoms with Crippen molar-refractivity contribution in [3.8, 4) is 17.2 Å². The van der Waals surface area contributed by atoms with Gasteiger partial charge in [0.05, 0.1) is 24.2 Å². The van der Waals surface area contributed by atoms with Gasteiger partial charge in [-0.25, -0.2) is 0 Å². The smallest absolute Gasteiger partial charge is 0.251 e. The van der Waals surface area contributed by atoms with Crippen LogP contribution in [0.25, 0.3) is 0 Å². The standard InChI is InChI=1S/C28H32N2O5/c1-34-19-4-2-3-18(13-19)26(32)29-20-9-10-28(33)22-14-17-7-8-21(31)24-23(17)27(28,25(20)35-24)11-12-30(22)15-16-5-6-16/h2-4,7-8,13,16,20,22,25,31,33H,5-6,9-12,14-15H2,1H3,(H,29,32)/t20-,22-,25+,27+,28-/m1/s1. The SMILES string of the molecule is COc1cccc(C(=O)N[C@@H]2CC[C@@]3(O)[C@H]4Cc5ccc(O)c6c5[C@@]3(CCN4CC3CC3)[C@H]2O6)c1. The van der Waals surface area contributed by atoms with E-state index in [-0.39, 0.29) is 23.7 Å². The lowest BCUT2D eigenvalue weighted by Gasteiger charge is -2.64. The molecule has 2 bridgehead atoms. The van der Waals surface area contributed by atoms with Crippen LogP contribution in [0.4, 0.5) is 0 Å². The number of benzene rings is 2. The van der Waals surface area contributed by atoms with Crippen molar-refractivity contribution >= 4 is 5.91 Å². The van der Waals surface area contributed by atoms with Gasteiger partial charge in [0.15, 0.2) is 11.5 Å². The number of hydrogen-bond donors (Lipinski definition) is 3. The van der Waals surface area contributed by atoms with Gasteiger partial charge in [-0.05, 0) is 80.8 Å². The number of amides is 1. The first-order valence-electron chi connectivity index (χ1n) is 12.9. The van der Waals surface area contributed by atoms with Gasteiger partial charge in [0.1, 0.15) is 11.9 Å². The van der Waals surface area contributed by atoms with E-state index in [2.05, 4.69) is 10.2 Å². The number of hydrogen-bond acceptors (Lipinski definition) is 6. The van der Waals surface area contributed by atoms with Crippen LogP contribution >= 0.6 is 0 Å². The second kappa shape index (κ2) is 7.37. The molecule has 1 saturated heterocycles. The summed E-state index contributed by atoms with van der Waals surface area (Å²) >= 11 is 0. The molecule has 1 amide bonds. The van der Waals surface area contributed by atoms with E-state index in [1.807, 2.05) is 12.1 Å². The Morgan fingerprint density at radius 3 is 2.89 bits per heavy atom. The molecule has 7 nitrogen and oxygen atoms in total. The molecule has 184 valence electrons. The zero-order valence-corrected chi connectivity index (χ0v) is 20.0. The van der Waals surface area contributed by atoms with Gasteiger partial charge < -0.3 is 25.0 Å². The maximum Gasteiger partial charge on any atom is 0.251 e. The Morgan fingerprint density at radius 2 is 2.09 bits per heavy atom. The second-order valence-electron chi connectivity index (χ2n) is 11.1. The third-order valence-corrected chi connectivity index (χ3v) is 9.41. The normalized spacial score (nSPS) is 34.6. The highest BCUT2D eigenvalue weighted by Crippen LogP contribution is 2.65. The van der Waals surface area contributed by atoms with Crippen molar-refractivity contribution in [1.29, 1.82) is 0 Å². The molecular formula is C28H32N2O5. The number of ether oxygens (including phenoxy) is 2. The van der Waals surface area contributed by atoms with Crippen molar-refractivity contribution < 1.29 is 24.5 Å². The van der Waals surface area contributed by atoms with Crippen LogP contribution in [0.2, 0.25) is 0 Å². The first-order valence-corrected chi connectivity index (χ1v) is 12.9. The zero-order chi connectivity index (χ0) is 23.9. The van der Waals surface area contributed by atoms with Crippen LogP contribution < -0.4 is 14.8 Å². The number of aromatic hydroxyl groups is 1. The molecule has 2 saturated carbocycles. The first kappa shape index (κ1) is 21.5. The van der Waals surface area contributed by atoms with Crippen molar-refractivity contribution in [2.24, 2.45) is 5.92 Å². The van der Waals surface area contributed by atoms with Gasteiger partial charge >= 0.3 is 0 Å². The van der Waals surface area contributed by atoms with E-state index in [1.165, 1.54) is 12.8 Å².